The van der Waals surface area contributed by atoms with Crippen LogP contribution in [0.25, 0.3) is 0 Å². The third kappa shape index (κ3) is 60.9. The predicted octanol–water partition coefficient (Wildman–Crippen LogP) is 21.8. The molecular weight excluding hydrogens is 937 g/mol. The van der Waals surface area contributed by atoms with Gasteiger partial charge in [-0.1, -0.05) is 297 Å². The normalized spacial score (nSPS) is 12.8. The van der Waals surface area contributed by atoms with Gasteiger partial charge in [-0.2, -0.15) is 0 Å². The molecular formula is C70H118O6. The van der Waals surface area contributed by atoms with Gasteiger partial charge in [0.2, 0.25) is 0 Å². The maximum Gasteiger partial charge on any atom is 0.306 e. The molecule has 0 saturated carbocycles. The molecule has 0 radical (unpaired) electrons. The van der Waals surface area contributed by atoms with E-state index in [4.69, 9.17) is 14.2 Å². The molecule has 0 aromatic rings. The van der Waals surface area contributed by atoms with Gasteiger partial charge in [0, 0.05) is 19.3 Å². The van der Waals surface area contributed by atoms with Gasteiger partial charge in [0.15, 0.2) is 6.10 Å². The summed E-state index contributed by atoms with van der Waals surface area (Å²) in [4.78, 5) is 38.2. The molecule has 6 heteroatoms. The lowest BCUT2D eigenvalue weighted by Gasteiger charge is -2.18. The molecule has 0 fully saturated rings. The molecule has 0 aromatic heterocycles. The Bertz CT molecular complexity index is 1540. The molecule has 1 atom stereocenters. The average molecular weight is 1060 g/mol. The summed E-state index contributed by atoms with van der Waals surface area (Å²) < 4.78 is 16.9. The fourth-order valence-corrected chi connectivity index (χ4v) is 8.79. The topological polar surface area (TPSA) is 78.9 Å². The van der Waals surface area contributed by atoms with Crippen molar-refractivity contribution in [2.24, 2.45) is 0 Å². The maximum absolute atomic E-state index is 12.9. The van der Waals surface area contributed by atoms with E-state index in [1.165, 1.54) is 135 Å². The molecule has 0 aliphatic heterocycles. The van der Waals surface area contributed by atoms with Crippen LogP contribution in [0.3, 0.4) is 0 Å². The molecule has 0 rings (SSSR count). The summed E-state index contributed by atoms with van der Waals surface area (Å²) in [5.74, 6) is -0.910. The van der Waals surface area contributed by atoms with Crippen molar-refractivity contribution in [2.75, 3.05) is 13.2 Å². The van der Waals surface area contributed by atoms with Gasteiger partial charge < -0.3 is 14.2 Å². The number of allylic oxidation sites excluding steroid dienone is 18. The van der Waals surface area contributed by atoms with Crippen molar-refractivity contribution in [3.63, 3.8) is 0 Å². The molecule has 0 N–H and O–H groups in total. The SMILES string of the molecule is CC/C=C\C/C=C\C/C=C\C/C=C\C/C=C\C/C=C\C/C=C\C/C=C\C/C=C\CCCCCC(=O)OCC(COC(=O)CCCCCCCCCCCCCC)OC(=O)CCCCCCCCCCCCCCCCC. The Morgan fingerprint density at radius 3 is 0.803 bits per heavy atom. The van der Waals surface area contributed by atoms with Crippen LogP contribution in [0.1, 0.15) is 297 Å². The van der Waals surface area contributed by atoms with Crippen molar-refractivity contribution in [1.82, 2.24) is 0 Å². The van der Waals surface area contributed by atoms with Crippen molar-refractivity contribution in [3.05, 3.63) is 109 Å². The summed E-state index contributed by atoms with van der Waals surface area (Å²) >= 11 is 0. The van der Waals surface area contributed by atoms with E-state index in [0.717, 1.165) is 122 Å². The Morgan fingerprint density at radius 2 is 0.513 bits per heavy atom. The van der Waals surface area contributed by atoms with Gasteiger partial charge in [-0.15, -0.1) is 0 Å². The van der Waals surface area contributed by atoms with E-state index in [2.05, 4.69) is 130 Å². The molecule has 0 heterocycles. The van der Waals surface area contributed by atoms with Gasteiger partial charge in [-0.25, -0.2) is 0 Å². The Balaban J connectivity index is 4.33. The predicted molar refractivity (Wildman–Crippen MR) is 330 cm³/mol. The third-order valence-corrected chi connectivity index (χ3v) is 13.5. The number of esters is 3. The number of ether oxygens (including phenoxy) is 3. The van der Waals surface area contributed by atoms with Crippen LogP contribution in [0.15, 0.2) is 109 Å². The maximum atomic E-state index is 12.9. The quantitative estimate of drug-likeness (QED) is 0.0261. The molecule has 0 amide bonds. The van der Waals surface area contributed by atoms with Crippen molar-refractivity contribution < 1.29 is 28.6 Å². The molecule has 434 valence electrons. The first-order chi connectivity index (χ1) is 37.5. The molecule has 0 aliphatic rings. The van der Waals surface area contributed by atoms with E-state index in [1.807, 2.05) is 0 Å². The molecule has 0 saturated heterocycles. The molecule has 0 spiro atoms. The van der Waals surface area contributed by atoms with Crippen molar-refractivity contribution >= 4 is 17.9 Å². The van der Waals surface area contributed by atoms with Gasteiger partial charge >= 0.3 is 17.9 Å². The van der Waals surface area contributed by atoms with E-state index in [1.54, 1.807) is 0 Å². The minimum absolute atomic E-state index is 0.0851. The fraction of sp³-hybridized carbons (Fsp3) is 0.700. The van der Waals surface area contributed by atoms with Crippen LogP contribution in [0.5, 0.6) is 0 Å². The van der Waals surface area contributed by atoms with Gasteiger partial charge in [0.05, 0.1) is 0 Å². The highest BCUT2D eigenvalue weighted by atomic mass is 16.6. The monoisotopic (exact) mass is 1050 g/mol. The van der Waals surface area contributed by atoms with Crippen molar-refractivity contribution in [3.8, 4) is 0 Å². The van der Waals surface area contributed by atoms with Gasteiger partial charge in [0.25, 0.3) is 0 Å². The molecule has 76 heavy (non-hydrogen) atoms. The van der Waals surface area contributed by atoms with Crippen LogP contribution in [0.2, 0.25) is 0 Å². The second-order valence-electron chi connectivity index (χ2n) is 21.0. The van der Waals surface area contributed by atoms with E-state index < -0.39 is 6.10 Å². The first-order valence-electron chi connectivity index (χ1n) is 31.9. The summed E-state index contributed by atoms with van der Waals surface area (Å²) in [6, 6.07) is 0. The van der Waals surface area contributed by atoms with Crippen LogP contribution >= 0.6 is 0 Å². The molecule has 0 aromatic carbocycles. The van der Waals surface area contributed by atoms with Gasteiger partial charge in [-0.3, -0.25) is 14.4 Å². The molecule has 0 aliphatic carbocycles. The highest BCUT2D eigenvalue weighted by Gasteiger charge is 2.19. The number of hydrogen-bond acceptors (Lipinski definition) is 6. The van der Waals surface area contributed by atoms with Crippen LogP contribution in [-0.4, -0.2) is 37.2 Å². The van der Waals surface area contributed by atoms with Crippen molar-refractivity contribution in [1.29, 1.82) is 0 Å². The van der Waals surface area contributed by atoms with Crippen LogP contribution in [0, 0.1) is 0 Å². The molecule has 1 unspecified atom stereocenters. The van der Waals surface area contributed by atoms with E-state index in [-0.39, 0.29) is 31.1 Å². The van der Waals surface area contributed by atoms with Crippen LogP contribution in [-0.2, 0) is 28.6 Å². The second kappa shape index (κ2) is 63.6. The zero-order valence-electron chi connectivity index (χ0n) is 49.7. The Kier molecular flexibility index (Phi) is 60.3. The van der Waals surface area contributed by atoms with Gasteiger partial charge in [-0.05, 0) is 89.9 Å². The van der Waals surface area contributed by atoms with Crippen LogP contribution < -0.4 is 0 Å². The summed E-state index contributed by atoms with van der Waals surface area (Å²) in [6.07, 6.45) is 86.6. The lowest BCUT2D eigenvalue weighted by molar-refractivity contribution is -0.167. The zero-order valence-corrected chi connectivity index (χ0v) is 49.7. The largest absolute Gasteiger partial charge is 0.462 e. The number of unbranched alkanes of at least 4 members (excludes halogenated alkanes) is 28. The van der Waals surface area contributed by atoms with E-state index in [0.29, 0.717) is 19.3 Å². The fourth-order valence-electron chi connectivity index (χ4n) is 8.79. The Morgan fingerprint density at radius 1 is 0.276 bits per heavy atom. The van der Waals surface area contributed by atoms with Crippen molar-refractivity contribution in [2.45, 2.75) is 303 Å². The first-order valence-corrected chi connectivity index (χ1v) is 31.9. The lowest BCUT2D eigenvalue weighted by Crippen LogP contribution is -2.30. The summed E-state index contributed by atoms with van der Waals surface area (Å²) in [7, 11) is 0. The average Bonchev–Trinajstić information content (AvgIpc) is 3.42. The summed E-state index contributed by atoms with van der Waals surface area (Å²) in [5.41, 5.74) is 0. The number of rotatable bonds is 57. The lowest BCUT2D eigenvalue weighted by atomic mass is 10.0. The highest BCUT2D eigenvalue weighted by Crippen LogP contribution is 2.16. The minimum atomic E-state index is -0.790. The van der Waals surface area contributed by atoms with Crippen LogP contribution in [0.4, 0.5) is 0 Å². The molecule has 0 bridgehead atoms. The standard InChI is InChI=1S/C70H118O6/c1-4-7-10-13-16-19-22-25-27-28-29-30-31-32-33-34-35-36-37-38-39-40-41-42-44-45-48-51-54-57-60-63-69(72)75-66-67(65-74-68(71)62-59-56-53-50-47-24-21-18-15-12-9-6-3)76-70(73)64-61-58-55-52-49-46-43-26-23-20-17-14-11-8-5-2/h7,10,16,19,25,27,29-30,32-33,35-36,38-39,41-42,45,48,67H,4-6,8-9,11-15,17-18,20-24,26,28,31,34,37,40,43-44,46-47,49-66H2,1-3H3/b10-7-,19-16-,27-25-,30-29-,33-32-,36-35-,39-38-,42-41-,48-45-. The third-order valence-electron chi connectivity index (χ3n) is 13.5. The highest BCUT2D eigenvalue weighted by molar-refractivity contribution is 5.71. The zero-order chi connectivity index (χ0) is 55.0. The Hall–Kier alpha value is -3.93. The minimum Gasteiger partial charge on any atom is -0.462 e. The number of carbonyl (C=O) groups excluding carboxylic acids is 3. The number of carbonyl (C=O) groups is 3. The van der Waals surface area contributed by atoms with E-state index >= 15 is 0 Å². The smallest absolute Gasteiger partial charge is 0.306 e. The second-order valence-corrected chi connectivity index (χ2v) is 21.0. The summed E-state index contributed by atoms with van der Waals surface area (Å²) in [6.45, 7) is 6.52. The Labute approximate surface area is 470 Å². The number of hydrogen-bond donors (Lipinski definition) is 0. The first kappa shape index (κ1) is 72.1. The summed E-state index contributed by atoms with van der Waals surface area (Å²) in [5, 5.41) is 0. The van der Waals surface area contributed by atoms with E-state index in [9.17, 15) is 14.4 Å². The molecule has 6 nitrogen and oxygen atoms in total. The van der Waals surface area contributed by atoms with Gasteiger partial charge in [0.1, 0.15) is 13.2 Å².